The van der Waals surface area contributed by atoms with Crippen LogP contribution in [-0.2, 0) is 6.54 Å². The smallest absolute Gasteiger partial charge is 0.328 e. The van der Waals surface area contributed by atoms with E-state index >= 15 is 0 Å². The summed E-state index contributed by atoms with van der Waals surface area (Å²) in [6, 6.07) is 0.428. The van der Waals surface area contributed by atoms with E-state index in [1.807, 2.05) is 6.20 Å². The Kier molecular flexibility index (Phi) is 1.99. The lowest BCUT2D eigenvalue weighted by Crippen LogP contribution is -2.28. The highest BCUT2D eigenvalue weighted by Crippen LogP contribution is 2.34. The lowest BCUT2D eigenvalue weighted by Gasteiger charge is -2.08. The van der Waals surface area contributed by atoms with Crippen molar-refractivity contribution in [3.8, 4) is 0 Å². The van der Waals surface area contributed by atoms with Crippen molar-refractivity contribution < 1.29 is 5.11 Å². The van der Waals surface area contributed by atoms with Gasteiger partial charge < -0.3 is 5.11 Å². The van der Waals surface area contributed by atoms with Gasteiger partial charge in [-0.1, -0.05) is 0 Å². The van der Waals surface area contributed by atoms with Crippen LogP contribution in [0.5, 0.6) is 0 Å². The summed E-state index contributed by atoms with van der Waals surface area (Å²) in [6.07, 6.45) is 7.77. The summed E-state index contributed by atoms with van der Waals surface area (Å²) in [6.45, 7) is 0.462. The maximum Gasteiger partial charge on any atom is 0.328 e. The molecule has 3 rings (SSSR count). The maximum atomic E-state index is 11.8. The van der Waals surface area contributed by atoms with Crippen LogP contribution >= 0.6 is 0 Å². The van der Waals surface area contributed by atoms with E-state index in [0.29, 0.717) is 18.5 Å². The molecule has 2 fully saturated rings. The first-order valence-electron chi connectivity index (χ1n) is 5.71. The zero-order valence-corrected chi connectivity index (χ0v) is 8.67. The Bertz CT molecular complexity index is 412. The number of rotatable bonds is 4. The fourth-order valence-electron chi connectivity index (χ4n) is 2.03. The molecule has 4 nitrogen and oxygen atoms in total. The molecule has 82 valence electrons. The lowest BCUT2D eigenvalue weighted by atomic mass is 10.2. The number of aliphatic hydroxyl groups excluding tert-OH is 1. The monoisotopic (exact) mass is 208 g/mol. The highest BCUT2D eigenvalue weighted by atomic mass is 16.3. The second-order valence-electron chi connectivity index (χ2n) is 4.78. The Morgan fingerprint density at radius 3 is 2.67 bits per heavy atom. The summed E-state index contributed by atoms with van der Waals surface area (Å²) in [7, 11) is 0. The lowest BCUT2D eigenvalue weighted by molar-refractivity contribution is 0.130. The normalized spacial score (nSPS) is 23.0. The van der Waals surface area contributed by atoms with Gasteiger partial charge >= 0.3 is 5.69 Å². The highest BCUT2D eigenvalue weighted by molar-refractivity contribution is 4.92. The van der Waals surface area contributed by atoms with Crippen LogP contribution in [0.3, 0.4) is 0 Å². The van der Waals surface area contributed by atoms with Crippen molar-refractivity contribution in [1.82, 2.24) is 9.13 Å². The molecule has 0 aliphatic heterocycles. The molecule has 1 aromatic rings. The van der Waals surface area contributed by atoms with Gasteiger partial charge in [-0.25, -0.2) is 4.79 Å². The van der Waals surface area contributed by atoms with Gasteiger partial charge in [0.1, 0.15) is 0 Å². The topological polar surface area (TPSA) is 47.2 Å². The average Bonchev–Trinajstić information content (AvgIpc) is 3.10. The predicted octanol–water partition coefficient (Wildman–Crippen LogP) is 0.756. The number of hydrogen-bond donors (Lipinski definition) is 1. The van der Waals surface area contributed by atoms with Gasteiger partial charge in [0.25, 0.3) is 0 Å². The molecule has 0 radical (unpaired) electrons. The molecule has 2 saturated carbocycles. The van der Waals surface area contributed by atoms with Crippen LogP contribution in [0, 0.1) is 5.92 Å². The molecule has 2 aliphatic rings. The summed E-state index contributed by atoms with van der Waals surface area (Å²) >= 11 is 0. The first-order chi connectivity index (χ1) is 7.25. The molecule has 0 saturated heterocycles. The maximum absolute atomic E-state index is 11.8. The molecular formula is C11H16N2O2. The fourth-order valence-corrected chi connectivity index (χ4v) is 2.03. The Hall–Kier alpha value is -1.03. The zero-order valence-electron chi connectivity index (χ0n) is 8.67. The molecule has 0 spiro atoms. The SMILES string of the molecule is O=c1n(CC(O)C2CC2)ccn1C1CC1. The van der Waals surface area contributed by atoms with Crippen molar-refractivity contribution in [3.05, 3.63) is 22.9 Å². The minimum absolute atomic E-state index is 0.0391. The summed E-state index contributed by atoms with van der Waals surface area (Å²) in [4.78, 5) is 11.8. The highest BCUT2D eigenvalue weighted by Gasteiger charge is 2.31. The van der Waals surface area contributed by atoms with Gasteiger partial charge in [-0.3, -0.25) is 9.13 Å². The van der Waals surface area contributed by atoms with Gasteiger partial charge in [-0.2, -0.15) is 0 Å². The molecule has 1 N–H and O–H groups in total. The van der Waals surface area contributed by atoms with E-state index in [-0.39, 0.29) is 11.8 Å². The van der Waals surface area contributed by atoms with E-state index in [9.17, 15) is 9.90 Å². The third-order valence-electron chi connectivity index (χ3n) is 3.36. The number of nitrogens with zero attached hydrogens (tertiary/aromatic N) is 2. The molecule has 0 bridgehead atoms. The third kappa shape index (κ3) is 1.74. The summed E-state index contributed by atoms with van der Waals surface area (Å²) in [5, 5.41) is 9.76. The van der Waals surface area contributed by atoms with Crippen molar-refractivity contribution >= 4 is 0 Å². The average molecular weight is 208 g/mol. The molecule has 0 aromatic carbocycles. The van der Waals surface area contributed by atoms with E-state index in [1.165, 1.54) is 0 Å². The molecule has 15 heavy (non-hydrogen) atoms. The standard InChI is InChI=1S/C11H16N2O2/c14-10(8-1-2-8)7-12-5-6-13(11(12)15)9-3-4-9/h5-6,8-10,14H,1-4,7H2. The number of aromatic nitrogens is 2. The quantitative estimate of drug-likeness (QED) is 0.794. The Morgan fingerprint density at radius 1 is 1.33 bits per heavy atom. The second-order valence-corrected chi connectivity index (χ2v) is 4.78. The fraction of sp³-hybridized carbons (Fsp3) is 0.727. The van der Waals surface area contributed by atoms with E-state index < -0.39 is 0 Å². The van der Waals surface area contributed by atoms with E-state index in [0.717, 1.165) is 25.7 Å². The molecule has 1 unspecified atom stereocenters. The van der Waals surface area contributed by atoms with E-state index in [2.05, 4.69) is 0 Å². The largest absolute Gasteiger partial charge is 0.391 e. The van der Waals surface area contributed by atoms with Gasteiger partial charge in [0.15, 0.2) is 0 Å². The second kappa shape index (κ2) is 3.23. The van der Waals surface area contributed by atoms with Crippen LogP contribution in [-0.4, -0.2) is 20.3 Å². The van der Waals surface area contributed by atoms with E-state index in [1.54, 1.807) is 15.3 Å². The predicted molar refractivity (Wildman–Crippen MR) is 55.7 cm³/mol. The van der Waals surface area contributed by atoms with Crippen LogP contribution in [0.2, 0.25) is 0 Å². The van der Waals surface area contributed by atoms with Crippen LogP contribution in [0.4, 0.5) is 0 Å². The molecular weight excluding hydrogens is 192 g/mol. The Labute approximate surface area is 88.1 Å². The first-order valence-corrected chi connectivity index (χ1v) is 5.71. The summed E-state index contributed by atoms with van der Waals surface area (Å²) in [5.74, 6) is 0.432. The van der Waals surface area contributed by atoms with Crippen molar-refractivity contribution in [2.24, 2.45) is 5.92 Å². The van der Waals surface area contributed by atoms with Crippen molar-refractivity contribution in [1.29, 1.82) is 0 Å². The van der Waals surface area contributed by atoms with Crippen LogP contribution in [0.25, 0.3) is 0 Å². The van der Waals surface area contributed by atoms with Gasteiger partial charge in [-0.15, -0.1) is 0 Å². The van der Waals surface area contributed by atoms with Gasteiger partial charge in [0, 0.05) is 18.4 Å². The Morgan fingerprint density at radius 2 is 2.07 bits per heavy atom. The molecule has 1 aromatic heterocycles. The van der Waals surface area contributed by atoms with Gasteiger partial charge in [0.05, 0.1) is 12.6 Å². The number of imidazole rings is 1. The number of aliphatic hydroxyl groups is 1. The molecule has 1 atom stereocenters. The van der Waals surface area contributed by atoms with Crippen molar-refractivity contribution in [2.75, 3.05) is 0 Å². The first kappa shape index (κ1) is 9.21. The van der Waals surface area contributed by atoms with Gasteiger partial charge in [-0.05, 0) is 31.6 Å². The molecule has 0 amide bonds. The number of hydrogen-bond acceptors (Lipinski definition) is 2. The minimum Gasteiger partial charge on any atom is -0.391 e. The summed E-state index contributed by atoms with van der Waals surface area (Å²) < 4.78 is 3.43. The molecule has 1 heterocycles. The van der Waals surface area contributed by atoms with Gasteiger partial charge in [0.2, 0.25) is 0 Å². The van der Waals surface area contributed by atoms with Crippen LogP contribution < -0.4 is 5.69 Å². The summed E-state index contributed by atoms with van der Waals surface area (Å²) in [5.41, 5.74) is 0.0391. The van der Waals surface area contributed by atoms with Crippen molar-refractivity contribution in [2.45, 2.75) is 44.4 Å². The zero-order chi connectivity index (χ0) is 10.4. The van der Waals surface area contributed by atoms with Crippen molar-refractivity contribution in [3.63, 3.8) is 0 Å². The minimum atomic E-state index is -0.335. The van der Waals surface area contributed by atoms with Crippen LogP contribution in [0.15, 0.2) is 17.2 Å². The van der Waals surface area contributed by atoms with E-state index in [4.69, 9.17) is 0 Å². The third-order valence-corrected chi connectivity index (χ3v) is 3.36. The molecule has 2 aliphatic carbocycles. The molecule has 4 heteroatoms. The van der Waals surface area contributed by atoms with Crippen LogP contribution in [0.1, 0.15) is 31.7 Å². The Balaban J connectivity index is 1.76.